The van der Waals surface area contributed by atoms with Gasteiger partial charge in [0.2, 0.25) is 0 Å². The summed E-state index contributed by atoms with van der Waals surface area (Å²) in [4.78, 5) is 18.8. The lowest BCUT2D eigenvalue weighted by Crippen LogP contribution is -2.32. The van der Waals surface area contributed by atoms with Crippen LogP contribution in [0.1, 0.15) is 48.5 Å². The Balaban J connectivity index is 1.70. The number of hydrogen-bond donors (Lipinski definition) is 0. The average molecular weight is 277 g/mol. The first-order chi connectivity index (χ1) is 9.65. The summed E-state index contributed by atoms with van der Waals surface area (Å²) in [6.07, 6.45) is 6.31. The van der Waals surface area contributed by atoms with Gasteiger partial charge in [0.05, 0.1) is 6.61 Å². The van der Waals surface area contributed by atoms with Crippen molar-refractivity contribution in [2.45, 2.75) is 38.6 Å². The molecule has 1 aromatic rings. The molecular weight excluding hydrogens is 254 g/mol. The zero-order valence-electron chi connectivity index (χ0n) is 12.3. The van der Waals surface area contributed by atoms with Crippen LogP contribution in [0.5, 0.6) is 0 Å². The topological polar surface area (TPSA) is 47.4 Å². The van der Waals surface area contributed by atoms with E-state index in [9.17, 15) is 4.79 Å². The molecule has 2 atom stereocenters. The lowest BCUT2D eigenvalue weighted by Gasteiger charge is -2.20. The predicted octanol–water partition coefficient (Wildman–Crippen LogP) is 1.89. The van der Waals surface area contributed by atoms with Crippen molar-refractivity contribution in [3.05, 3.63) is 17.7 Å². The van der Waals surface area contributed by atoms with Gasteiger partial charge in [0.25, 0.3) is 5.91 Å². The molecule has 0 aliphatic carbocycles. The van der Waals surface area contributed by atoms with Gasteiger partial charge in [-0.2, -0.15) is 0 Å². The number of rotatable bonds is 3. The summed E-state index contributed by atoms with van der Waals surface area (Å²) in [6, 6.07) is 0.460. The molecule has 2 unspecified atom stereocenters. The second-order valence-corrected chi connectivity index (χ2v) is 6.11. The molecule has 0 radical (unpaired) electrons. The van der Waals surface area contributed by atoms with Gasteiger partial charge in [-0.15, -0.1) is 0 Å². The third-order valence-electron chi connectivity index (χ3n) is 4.43. The summed E-state index contributed by atoms with van der Waals surface area (Å²) < 4.78 is 7.54. The van der Waals surface area contributed by atoms with E-state index < -0.39 is 0 Å². The zero-order valence-corrected chi connectivity index (χ0v) is 12.3. The molecule has 1 saturated heterocycles. The van der Waals surface area contributed by atoms with E-state index in [1.807, 2.05) is 13.2 Å². The highest BCUT2D eigenvalue weighted by Crippen LogP contribution is 2.24. The normalized spacial score (nSPS) is 25.5. The summed E-state index contributed by atoms with van der Waals surface area (Å²) in [6.45, 7) is 4.55. The van der Waals surface area contributed by atoms with Crippen molar-refractivity contribution in [1.82, 2.24) is 14.5 Å². The Labute approximate surface area is 119 Å². The molecule has 5 nitrogen and oxygen atoms in total. The van der Waals surface area contributed by atoms with E-state index in [1.54, 1.807) is 4.90 Å². The Hall–Kier alpha value is -1.36. The first-order valence-corrected chi connectivity index (χ1v) is 7.56. The molecule has 3 heterocycles. The third-order valence-corrected chi connectivity index (χ3v) is 4.43. The number of imidazole rings is 1. The monoisotopic (exact) mass is 277 g/mol. The fourth-order valence-corrected chi connectivity index (χ4v) is 3.19. The molecule has 1 aromatic heterocycles. The lowest BCUT2D eigenvalue weighted by atomic mass is 10.1. The van der Waals surface area contributed by atoms with Gasteiger partial charge in [-0.3, -0.25) is 4.79 Å². The molecular formula is C15H23N3O2. The summed E-state index contributed by atoms with van der Waals surface area (Å²) in [5.41, 5.74) is 0.593. The molecule has 0 saturated carbocycles. The number of amides is 1. The number of nitrogens with zero attached hydrogens (tertiary/aromatic N) is 3. The first kappa shape index (κ1) is 13.6. The van der Waals surface area contributed by atoms with Crippen LogP contribution in [0.15, 0.2) is 6.20 Å². The van der Waals surface area contributed by atoms with Crippen molar-refractivity contribution in [2.75, 3.05) is 26.8 Å². The second kappa shape index (κ2) is 5.56. The zero-order chi connectivity index (χ0) is 14.1. The maximum absolute atomic E-state index is 12.5. The number of fused-ring (bicyclic) bond motifs is 1. The first-order valence-electron chi connectivity index (χ1n) is 7.56. The standard InChI is InChI=1S/C15H23N3O2/c1-11-4-3-5-14-16-13(9-18(11)14)15(19)17(2)8-12-6-7-20-10-12/h9,11-12H,3-8,10H2,1-2H3. The second-order valence-electron chi connectivity index (χ2n) is 6.11. The number of aryl methyl sites for hydroxylation is 1. The molecule has 0 spiro atoms. The summed E-state index contributed by atoms with van der Waals surface area (Å²) in [5, 5.41) is 0. The van der Waals surface area contributed by atoms with E-state index in [2.05, 4.69) is 16.5 Å². The van der Waals surface area contributed by atoms with E-state index in [1.165, 1.54) is 12.8 Å². The molecule has 5 heteroatoms. The molecule has 2 aliphatic heterocycles. The van der Waals surface area contributed by atoms with Crippen LogP contribution in [0.3, 0.4) is 0 Å². The minimum Gasteiger partial charge on any atom is -0.381 e. The van der Waals surface area contributed by atoms with Crippen molar-refractivity contribution in [3.63, 3.8) is 0 Å². The van der Waals surface area contributed by atoms with Crippen molar-refractivity contribution >= 4 is 5.91 Å². The van der Waals surface area contributed by atoms with Gasteiger partial charge in [0, 0.05) is 44.8 Å². The number of ether oxygens (including phenoxy) is 1. The highest BCUT2D eigenvalue weighted by Gasteiger charge is 2.25. The van der Waals surface area contributed by atoms with E-state index in [0.717, 1.165) is 38.4 Å². The van der Waals surface area contributed by atoms with Gasteiger partial charge < -0.3 is 14.2 Å². The molecule has 2 aliphatic rings. The number of carbonyl (C=O) groups is 1. The summed E-state index contributed by atoms with van der Waals surface area (Å²) in [7, 11) is 1.86. The lowest BCUT2D eigenvalue weighted by molar-refractivity contribution is 0.0760. The van der Waals surface area contributed by atoms with Crippen LogP contribution in [-0.2, 0) is 11.2 Å². The van der Waals surface area contributed by atoms with Crippen LogP contribution in [-0.4, -0.2) is 47.2 Å². The fourth-order valence-electron chi connectivity index (χ4n) is 3.19. The molecule has 110 valence electrons. The van der Waals surface area contributed by atoms with Gasteiger partial charge in [-0.25, -0.2) is 4.98 Å². The van der Waals surface area contributed by atoms with Crippen LogP contribution < -0.4 is 0 Å². The maximum atomic E-state index is 12.5. The van der Waals surface area contributed by atoms with Gasteiger partial charge in [0.1, 0.15) is 11.5 Å². The van der Waals surface area contributed by atoms with Crippen molar-refractivity contribution in [1.29, 1.82) is 0 Å². The van der Waals surface area contributed by atoms with Crippen LogP contribution in [0.4, 0.5) is 0 Å². The van der Waals surface area contributed by atoms with Crippen LogP contribution >= 0.6 is 0 Å². The molecule has 0 bridgehead atoms. The quantitative estimate of drug-likeness (QED) is 0.847. The van der Waals surface area contributed by atoms with Crippen molar-refractivity contribution in [2.24, 2.45) is 5.92 Å². The van der Waals surface area contributed by atoms with Crippen LogP contribution in [0.2, 0.25) is 0 Å². The highest BCUT2D eigenvalue weighted by molar-refractivity contribution is 5.92. The highest BCUT2D eigenvalue weighted by atomic mass is 16.5. The van der Waals surface area contributed by atoms with E-state index in [-0.39, 0.29) is 5.91 Å². The Bertz CT molecular complexity index is 491. The largest absolute Gasteiger partial charge is 0.381 e. The third kappa shape index (κ3) is 2.59. The number of hydrogen-bond acceptors (Lipinski definition) is 3. The van der Waals surface area contributed by atoms with Gasteiger partial charge in [0.15, 0.2) is 0 Å². The number of carbonyl (C=O) groups excluding carboxylic acids is 1. The van der Waals surface area contributed by atoms with E-state index >= 15 is 0 Å². The Morgan fingerprint density at radius 2 is 2.40 bits per heavy atom. The predicted molar refractivity (Wildman–Crippen MR) is 75.8 cm³/mol. The Morgan fingerprint density at radius 3 is 3.10 bits per heavy atom. The maximum Gasteiger partial charge on any atom is 0.273 e. The van der Waals surface area contributed by atoms with Gasteiger partial charge >= 0.3 is 0 Å². The molecule has 0 aromatic carbocycles. The summed E-state index contributed by atoms with van der Waals surface area (Å²) >= 11 is 0. The Morgan fingerprint density at radius 1 is 1.55 bits per heavy atom. The molecule has 20 heavy (non-hydrogen) atoms. The minimum atomic E-state index is 0.0333. The SMILES string of the molecule is CC1CCCc2nc(C(=O)N(C)CC3CCOC3)cn21. The fraction of sp³-hybridized carbons (Fsp3) is 0.733. The van der Waals surface area contributed by atoms with Gasteiger partial charge in [-0.05, 0) is 26.2 Å². The molecule has 3 rings (SSSR count). The van der Waals surface area contributed by atoms with E-state index in [4.69, 9.17) is 4.74 Å². The van der Waals surface area contributed by atoms with Crippen LogP contribution in [0, 0.1) is 5.92 Å². The van der Waals surface area contributed by atoms with Crippen LogP contribution in [0.25, 0.3) is 0 Å². The molecule has 0 N–H and O–H groups in total. The smallest absolute Gasteiger partial charge is 0.273 e. The van der Waals surface area contributed by atoms with Crippen molar-refractivity contribution < 1.29 is 9.53 Å². The van der Waals surface area contributed by atoms with E-state index in [0.29, 0.717) is 17.7 Å². The Kier molecular flexibility index (Phi) is 3.78. The average Bonchev–Trinajstić information content (AvgIpc) is 3.07. The minimum absolute atomic E-state index is 0.0333. The van der Waals surface area contributed by atoms with Gasteiger partial charge in [-0.1, -0.05) is 0 Å². The van der Waals surface area contributed by atoms with Crippen molar-refractivity contribution in [3.8, 4) is 0 Å². The number of aromatic nitrogens is 2. The summed E-state index contributed by atoms with van der Waals surface area (Å²) in [5.74, 6) is 1.57. The molecule has 1 fully saturated rings. The molecule has 1 amide bonds.